The Morgan fingerprint density at radius 2 is 2.04 bits per heavy atom. The standard InChI is InChI=1S/C20H19ClN4O3/c21-15-5-1-4-14-17(15)23-12-16(18(14)26)24-19(27)25-9-6-20(28,7-10-25)13-3-2-8-22-11-13/h1-5,8,11-12,28H,6-7,9-10H2,(H,23,26)(H,24,27). The van der Waals surface area contributed by atoms with E-state index < -0.39 is 5.60 Å². The number of amides is 2. The first kappa shape index (κ1) is 18.5. The number of aromatic amines is 1. The van der Waals surface area contributed by atoms with Gasteiger partial charge in [0.15, 0.2) is 0 Å². The van der Waals surface area contributed by atoms with Crippen LogP contribution in [0.25, 0.3) is 10.9 Å². The average molecular weight is 399 g/mol. The fraction of sp³-hybridized carbons (Fsp3) is 0.250. The molecule has 1 aliphatic heterocycles. The average Bonchev–Trinajstić information content (AvgIpc) is 2.72. The highest BCUT2D eigenvalue weighted by Crippen LogP contribution is 2.32. The van der Waals surface area contributed by atoms with Crippen LogP contribution in [0.2, 0.25) is 5.02 Å². The van der Waals surface area contributed by atoms with Gasteiger partial charge in [0.05, 0.1) is 16.1 Å². The van der Waals surface area contributed by atoms with Crippen LogP contribution in [0, 0.1) is 0 Å². The first-order valence-electron chi connectivity index (χ1n) is 8.97. The van der Waals surface area contributed by atoms with E-state index in [1.165, 1.54) is 6.20 Å². The fourth-order valence-corrected chi connectivity index (χ4v) is 3.74. The summed E-state index contributed by atoms with van der Waals surface area (Å²) in [6.45, 7) is 0.739. The predicted octanol–water partition coefficient (Wildman–Crippen LogP) is 3.09. The zero-order chi connectivity index (χ0) is 19.7. The van der Waals surface area contributed by atoms with Crippen LogP contribution < -0.4 is 10.7 Å². The second-order valence-electron chi connectivity index (χ2n) is 6.88. The van der Waals surface area contributed by atoms with Crippen LogP contribution in [0.15, 0.2) is 53.7 Å². The van der Waals surface area contributed by atoms with Gasteiger partial charge in [-0.25, -0.2) is 4.79 Å². The summed E-state index contributed by atoms with van der Waals surface area (Å²) in [5.41, 5.74) is 0.147. The van der Waals surface area contributed by atoms with Crippen molar-refractivity contribution < 1.29 is 9.90 Å². The number of fused-ring (bicyclic) bond motifs is 1. The Bertz CT molecular complexity index is 1080. The van der Waals surface area contributed by atoms with Gasteiger partial charge >= 0.3 is 6.03 Å². The third-order valence-corrected chi connectivity index (χ3v) is 5.50. The van der Waals surface area contributed by atoms with Crippen LogP contribution in [0.1, 0.15) is 18.4 Å². The lowest BCUT2D eigenvalue weighted by atomic mass is 9.85. The number of pyridine rings is 2. The summed E-state index contributed by atoms with van der Waals surface area (Å²) in [5.74, 6) is 0. The molecule has 2 amide bonds. The van der Waals surface area contributed by atoms with Gasteiger partial charge < -0.3 is 20.3 Å². The molecule has 1 aromatic carbocycles. The second-order valence-corrected chi connectivity index (χ2v) is 7.29. The van der Waals surface area contributed by atoms with Gasteiger partial charge in [-0.15, -0.1) is 0 Å². The smallest absolute Gasteiger partial charge is 0.321 e. The number of aromatic nitrogens is 2. The summed E-state index contributed by atoms with van der Waals surface area (Å²) in [6.07, 6.45) is 5.55. The molecule has 28 heavy (non-hydrogen) atoms. The number of anilines is 1. The monoisotopic (exact) mass is 398 g/mol. The van der Waals surface area contributed by atoms with Crippen molar-refractivity contribution in [3.63, 3.8) is 0 Å². The number of nitrogens with zero attached hydrogens (tertiary/aromatic N) is 2. The molecule has 1 saturated heterocycles. The zero-order valence-corrected chi connectivity index (χ0v) is 15.7. The minimum absolute atomic E-state index is 0.160. The van der Waals surface area contributed by atoms with E-state index in [1.54, 1.807) is 41.6 Å². The summed E-state index contributed by atoms with van der Waals surface area (Å²) in [7, 11) is 0. The molecule has 0 spiro atoms. The number of hydrogen-bond acceptors (Lipinski definition) is 4. The number of rotatable bonds is 2. The van der Waals surface area contributed by atoms with Crippen molar-refractivity contribution in [3.05, 3.63) is 69.7 Å². The molecule has 144 valence electrons. The topological polar surface area (TPSA) is 98.3 Å². The number of aliphatic hydroxyl groups is 1. The number of hydrogen-bond donors (Lipinski definition) is 3. The first-order chi connectivity index (χ1) is 13.5. The maximum absolute atomic E-state index is 12.6. The number of benzene rings is 1. The van der Waals surface area contributed by atoms with Gasteiger partial charge in [0, 0.05) is 42.6 Å². The number of halogens is 1. The molecule has 8 heteroatoms. The summed E-state index contributed by atoms with van der Waals surface area (Å²) in [4.78, 5) is 33.8. The first-order valence-corrected chi connectivity index (χ1v) is 9.34. The van der Waals surface area contributed by atoms with Crippen molar-refractivity contribution in [2.45, 2.75) is 18.4 Å². The molecule has 0 radical (unpaired) electrons. The minimum Gasteiger partial charge on any atom is -0.385 e. The van der Waals surface area contributed by atoms with Gasteiger partial charge in [-0.1, -0.05) is 23.7 Å². The molecular weight excluding hydrogens is 380 g/mol. The van der Waals surface area contributed by atoms with E-state index in [1.807, 2.05) is 6.07 Å². The third kappa shape index (κ3) is 3.34. The van der Waals surface area contributed by atoms with Crippen LogP contribution in [-0.4, -0.2) is 39.1 Å². The molecule has 0 atom stereocenters. The van der Waals surface area contributed by atoms with Crippen LogP contribution in [0.3, 0.4) is 0 Å². The Balaban J connectivity index is 1.48. The Kier molecular flexibility index (Phi) is 4.78. The summed E-state index contributed by atoms with van der Waals surface area (Å²) in [6, 6.07) is 8.28. The lowest BCUT2D eigenvalue weighted by Crippen LogP contribution is -2.47. The maximum Gasteiger partial charge on any atom is 0.321 e. The maximum atomic E-state index is 12.6. The molecule has 0 unspecified atom stereocenters. The van der Waals surface area contributed by atoms with Crippen LogP contribution >= 0.6 is 11.6 Å². The van der Waals surface area contributed by atoms with Crippen molar-refractivity contribution in [1.29, 1.82) is 0 Å². The highest BCUT2D eigenvalue weighted by Gasteiger charge is 2.35. The van der Waals surface area contributed by atoms with Gasteiger partial charge in [0.25, 0.3) is 0 Å². The molecule has 3 aromatic rings. The molecule has 3 heterocycles. The van der Waals surface area contributed by atoms with E-state index in [0.717, 1.165) is 5.56 Å². The van der Waals surface area contributed by atoms with Gasteiger partial charge in [-0.3, -0.25) is 9.78 Å². The molecule has 1 aliphatic rings. The predicted molar refractivity (Wildman–Crippen MR) is 108 cm³/mol. The molecule has 3 N–H and O–H groups in total. The SMILES string of the molecule is O=C(Nc1c[nH]c2c(Cl)cccc2c1=O)N1CCC(O)(c2cccnc2)CC1. The number of likely N-dealkylation sites (tertiary alicyclic amines) is 1. The molecule has 7 nitrogen and oxygen atoms in total. The van der Waals surface area contributed by atoms with Gasteiger partial charge in [-0.2, -0.15) is 0 Å². The van der Waals surface area contributed by atoms with Crippen molar-refractivity contribution in [3.8, 4) is 0 Å². The van der Waals surface area contributed by atoms with Crippen molar-refractivity contribution in [2.75, 3.05) is 18.4 Å². The van der Waals surface area contributed by atoms with E-state index in [-0.39, 0.29) is 17.1 Å². The summed E-state index contributed by atoms with van der Waals surface area (Å²) in [5, 5.41) is 14.4. The van der Waals surface area contributed by atoms with Gasteiger partial charge in [0.1, 0.15) is 5.69 Å². The fourth-order valence-electron chi connectivity index (χ4n) is 3.51. The number of urea groups is 1. The van der Waals surface area contributed by atoms with Crippen LogP contribution in [0.5, 0.6) is 0 Å². The molecular formula is C20H19ClN4O3. The number of piperidine rings is 1. The number of nitrogens with one attached hydrogen (secondary N) is 2. The molecule has 0 aliphatic carbocycles. The Hall–Kier alpha value is -2.90. The quantitative estimate of drug-likeness (QED) is 0.617. The van der Waals surface area contributed by atoms with Gasteiger partial charge in [-0.05, 0) is 31.0 Å². The highest BCUT2D eigenvalue weighted by atomic mass is 35.5. The molecule has 1 fully saturated rings. The number of H-pyrrole nitrogens is 1. The summed E-state index contributed by atoms with van der Waals surface area (Å²) >= 11 is 6.09. The molecule has 4 rings (SSSR count). The van der Waals surface area contributed by atoms with E-state index in [2.05, 4.69) is 15.3 Å². The van der Waals surface area contributed by atoms with Crippen molar-refractivity contribution in [2.24, 2.45) is 0 Å². The Morgan fingerprint density at radius 3 is 2.75 bits per heavy atom. The summed E-state index contributed by atoms with van der Waals surface area (Å²) < 4.78 is 0. The molecule has 0 saturated carbocycles. The van der Waals surface area contributed by atoms with Crippen molar-refractivity contribution >= 4 is 34.2 Å². The lowest BCUT2D eigenvalue weighted by Gasteiger charge is -2.38. The number of carbonyl (C=O) groups is 1. The van der Waals surface area contributed by atoms with E-state index in [4.69, 9.17) is 11.6 Å². The van der Waals surface area contributed by atoms with Crippen LogP contribution in [0.4, 0.5) is 10.5 Å². The van der Waals surface area contributed by atoms with Gasteiger partial charge in [0.2, 0.25) is 5.43 Å². The molecule has 2 aromatic heterocycles. The Morgan fingerprint density at radius 1 is 1.25 bits per heavy atom. The number of carbonyl (C=O) groups excluding carboxylic acids is 1. The molecule has 0 bridgehead atoms. The largest absolute Gasteiger partial charge is 0.385 e. The van der Waals surface area contributed by atoms with E-state index in [0.29, 0.717) is 41.9 Å². The minimum atomic E-state index is -0.998. The Labute approximate surface area is 166 Å². The van der Waals surface area contributed by atoms with Crippen LogP contribution in [-0.2, 0) is 5.60 Å². The third-order valence-electron chi connectivity index (χ3n) is 5.18. The lowest BCUT2D eigenvalue weighted by molar-refractivity contribution is -0.0159. The number of para-hydroxylation sites is 1. The highest BCUT2D eigenvalue weighted by molar-refractivity contribution is 6.35. The zero-order valence-electron chi connectivity index (χ0n) is 15.0. The normalized spacial score (nSPS) is 16.1. The second kappa shape index (κ2) is 7.26. The van der Waals surface area contributed by atoms with E-state index >= 15 is 0 Å². The van der Waals surface area contributed by atoms with Crippen molar-refractivity contribution in [1.82, 2.24) is 14.9 Å². The van der Waals surface area contributed by atoms with E-state index in [9.17, 15) is 14.7 Å².